The third-order valence-electron chi connectivity index (χ3n) is 7.85. The number of oxime groups is 1. The van der Waals surface area contributed by atoms with E-state index in [0.29, 0.717) is 22.9 Å². The zero-order chi connectivity index (χ0) is 28.3. The summed E-state index contributed by atoms with van der Waals surface area (Å²) in [5.41, 5.74) is 6.80. The first-order valence-corrected chi connectivity index (χ1v) is 14.1. The zero-order valence-electron chi connectivity index (χ0n) is 23.3. The van der Waals surface area contributed by atoms with Crippen LogP contribution in [-0.4, -0.2) is 34.7 Å². The third-order valence-corrected chi connectivity index (χ3v) is 7.85. The summed E-state index contributed by atoms with van der Waals surface area (Å²) < 4.78 is 7.87. The molecule has 1 aromatic heterocycles. The predicted octanol–water partition coefficient (Wildman–Crippen LogP) is 6.99. The number of carbonyl (C=O) groups excluding carboxylic acids is 2. The fourth-order valence-corrected chi connectivity index (χ4v) is 5.67. The van der Waals surface area contributed by atoms with Crippen molar-refractivity contribution in [2.24, 2.45) is 12.2 Å². The Hall–Kier alpha value is -4.55. The molecule has 0 saturated carbocycles. The molecule has 1 saturated heterocycles. The number of hydrogen-bond acceptors (Lipinski definition) is 5. The Morgan fingerprint density at radius 3 is 2.17 bits per heavy atom. The zero-order valence-corrected chi connectivity index (χ0v) is 23.3. The molecule has 1 atom stereocenters. The number of fused-ring (bicyclic) bond motifs is 3. The standard InChI is InChI=1S/C35H32N2O4/c1-23(38)41-36-34(25-7-4-3-5-8-25)27-15-18-32-30(21-27)31-22-28(16-19-33(31)37(32)2)35(39)26-13-10-24(11-14-26)12-17-29-9-6-20-40-29/h3-5,7-8,10-11,13-16,18-19,21-22,29H,6,9,12,17,20H2,1-2H3. The van der Waals surface area contributed by atoms with Crippen molar-refractivity contribution in [2.75, 3.05) is 6.61 Å². The monoisotopic (exact) mass is 544 g/mol. The summed E-state index contributed by atoms with van der Waals surface area (Å²) >= 11 is 0. The molecular weight excluding hydrogens is 512 g/mol. The summed E-state index contributed by atoms with van der Waals surface area (Å²) in [5.74, 6) is -0.490. The van der Waals surface area contributed by atoms with Crippen LogP contribution in [0.4, 0.5) is 0 Å². The highest BCUT2D eigenvalue weighted by atomic mass is 16.7. The van der Waals surface area contributed by atoms with E-state index >= 15 is 0 Å². The first kappa shape index (κ1) is 26.7. The Balaban J connectivity index is 1.33. The van der Waals surface area contributed by atoms with Crippen LogP contribution in [0.2, 0.25) is 0 Å². The van der Waals surface area contributed by atoms with E-state index in [4.69, 9.17) is 9.57 Å². The van der Waals surface area contributed by atoms with Gasteiger partial charge >= 0.3 is 5.97 Å². The predicted molar refractivity (Wildman–Crippen MR) is 161 cm³/mol. The van der Waals surface area contributed by atoms with E-state index < -0.39 is 5.97 Å². The number of aryl methyl sites for hydroxylation is 2. The van der Waals surface area contributed by atoms with Gasteiger partial charge in [-0.1, -0.05) is 65.8 Å². The number of carbonyl (C=O) groups is 2. The highest BCUT2D eigenvalue weighted by Gasteiger charge is 2.18. The number of rotatable bonds is 8. The van der Waals surface area contributed by atoms with E-state index in [9.17, 15) is 9.59 Å². The molecule has 0 amide bonds. The van der Waals surface area contributed by atoms with Crippen molar-refractivity contribution in [1.29, 1.82) is 0 Å². The molecule has 6 heteroatoms. The average Bonchev–Trinajstić information content (AvgIpc) is 3.62. The topological polar surface area (TPSA) is 69.9 Å². The lowest BCUT2D eigenvalue weighted by Gasteiger charge is -2.09. The summed E-state index contributed by atoms with van der Waals surface area (Å²) in [4.78, 5) is 30.1. The Labute approximate surface area is 239 Å². The maximum atomic E-state index is 13.5. The lowest BCUT2D eigenvalue weighted by molar-refractivity contribution is -0.140. The highest BCUT2D eigenvalue weighted by molar-refractivity contribution is 6.18. The first-order chi connectivity index (χ1) is 20.0. The second-order valence-corrected chi connectivity index (χ2v) is 10.6. The van der Waals surface area contributed by atoms with E-state index in [2.05, 4.69) is 21.9 Å². The minimum atomic E-state index is -0.483. The van der Waals surface area contributed by atoms with E-state index in [1.807, 2.05) is 85.9 Å². The van der Waals surface area contributed by atoms with Crippen LogP contribution in [0.25, 0.3) is 21.8 Å². The van der Waals surface area contributed by atoms with Crippen LogP contribution in [0, 0.1) is 0 Å². The second kappa shape index (κ2) is 11.5. The summed E-state index contributed by atoms with van der Waals surface area (Å²) in [6.45, 7) is 2.20. The summed E-state index contributed by atoms with van der Waals surface area (Å²) in [5, 5.41) is 6.15. The fourth-order valence-electron chi connectivity index (χ4n) is 5.67. The molecule has 1 fully saturated rings. The molecule has 4 aromatic carbocycles. The van der Waals surface area contributed by atoms with E-state index in [-0.39, 0.29) is 5.78 Å². The van der Waals surface area contributed by atoms with Crippen molar-refractivity contribution in [3.63, 3.8) is 0 Å². The molecule has 0 aliphatic carbocycles. The Bertz CT molecular complexity index is 1760. The maximum Gasteiger partial charge on any atom is 0.332 e. The van der Waals surface area contributed by atoms with Gasteiger partial charge in [-0.25, -0.2) is 4.79 Å². The minimum absolute atomic E-state index is 0.00729. The quantitative estimate of drug-likeness (QED) is 0.0914. The largest absolute Gasteiger partial charge is 0.378 e. The van der Waals surface area contributed by atoms with E-state index in [1.165, 1.54) is 12.5 Å². The molecule has 1 unspecified atom stereocenters. The number of ether oxygens (including phenoxy) is 1. The normalized spacial score (nSPS) is 15.5. The lowest BCUT2D eigenvalue weighted by atomic mass is 9.97. The molecule has 0 N–H and O–H groups in total. The molecule has 206 valence electrons. The van der Waals surface area contributed by atoms with Crippen molar-refractivity contribution in [2.45, 2.75) is 38.7 Å². The van der Waals surface area contributed by atoms with Crippen LogP contribution in [0.1, 0.15) is 58.8 Å². The molecule has 6 rings (SSSR count). The number of benzene rings is 4. The molecule has 5 aromatic rings. The molecular formula is C35H32N2O4. The van der Waals surface area contributed by atoms with Crippen LogP contribution in [0.15, 0.2) is 96.2 Å². The van der Waals surface area contributed by atoms with E-state index in [1.54, 1.807) is 0 Å². The Morgan fingerprint density at radius 2 is 1.51 bits per heavy atom. The fraction of sp³-hybridized carbons (Fsp3) is 0.229. The van der Waals surface area contributed by atoms with Crippen molar-refractivity contribution in [1.82, 2.24) is 4.57 Å². The van der Waals surface area contributed by atoms with Crippen LogP contribution in [0.5, 0.6) is 0 Å². The van der Waals surface area contributed by atoms with Crippen molar-refractivity contribution in [3.8, 4) is 0 Å². The van der Waals surface area contributed by atoms with Gasteiger partial charge in [0.1, 0.15) is 5.71 Å². The van der Waals surface area contributed by atoms with Crippen molar-refractivity contribution < 1.29 is 19.2 Å². The van der Waals surface area contributed by atoms with Gasteiger partial charge in [0.2, 0.25) is 0 Å². The Kier molecular flexibility index (Phi) is 7.49. The number of nitrogens with zero attached hydrogens (tertiary/aromatic N) is 2. The minimum Gasteiger partial charge on any atom is -0.378 e. The number of aromatic nitrogens is 1. The maximum absolute atomic E-state index is 13.5. The van der Waals surface area contributed by atoms with Crippen LogP contribution >= 0.6 is 0 Å². The summed E-state index contributed by atoms with van der Waals surface area (Å²) in [7, 11) is 2.02. The van der Waals surface area contributed by atoms with Gasteiger partial charge < -0.3 is 14.1 Å². The molecule has 6 nitrogen and oxygen atoms in total. The third kappa shape index (κ3) is 5.56. The second-order valence-electron chi connectivity index (χ2n) is 10.6. The molecule has 2 heterocycles. The molecule has 1 aliphatic heterocycles. The van der Waals surface area contributed by atoms with Gasteiger partial charge in [-0.05, 0) is 61.6 Å². The smallest absolute Gasteiger partial charge is 0.332 e. The van der Waals surface area contributed by atoms with Gasteiger partial charge in [-0.3, -0.25) is 4.79 Å². The lowest BCUT2D eigenvalue weighted by Crippen LogP contribution is -2.06. The van der Waals surface area contributed by atoms with Gasteiger partial charge in [-0.2, -0.15) is 0 Å². The van der Waals surface area contributed by atoms with Gasteiger partial charge in [0.05, 0.1) is 6.10 Å². The summed E-state index contributed by atoms with van der Waals surface area (Å²) in [6.07, 6.45) is 4.62. The van der Waals surface area contributed by atoms with Crippen LogP contribution < -0.4 is 0 Å². The van der Waals surface area contributed by atoms with Gasteiger partial charge in [0, 0.05) is 64.6 Å². The molecule has 1 aliphatic rings. The highest BCUT2D eigenvalue weighted by Crippen LogP contribution is 2.31. The van der Waals surface area contributed by atoms with Gasteiger partial charge in [-0.15, -0.1) is 0 Å². The van der Waals surface area contributed by atoms with Gasteiger partial charge in [0.25, 0.3) is 0 Å². The van der Waals surface area contributed by atoms with Gasteiger partial charge in [0.15, 0.2) is 5.78 Å². The summed E-state index contributed by atoms with van der Waals surface area (Å²) in [6, 6.07) is 29.5. The van der Waals surface area contributed by atoms with Crippen molar-refractivity contribution >= 4 is 39.3 Å². The molecule has 0 spiro atoms. The Morgan fingerprint density at radius 1 is 0.854 bits per heavy atom. The first-order valence-electron chi connectivity index (χ1n) is 14.1. The number of hydrogen-bond donors (Lipinski definition) is 0. The van der Waals surface area contributed by atoms with Crippen molar-refractivity contribution in [3.05, 3.63) is 119 Å². The molecule has 0 radical (unpaired) electrons. The average molecular weight is 545 g/mol. The SMILES string of the molecule is CC(=O)ON=C(c1ccccc1)c1ccc2c(c1)c1cc(C(=O)c3ccc(CCC4CCCO4)cc3)ccc1n2C. The molecule has 0 bridgehead atoms. The number of ketones is 1. The molecule has 41 heavy (non-hydrogen) atoms. The van der Waals surface area contributed by atoms with Crippen LogP contribution in [0.3, 0.4) is 0 Å². The van der Waals surface area contributed by atoms with E-state index in [0.717, 1.165) is 65.2 Å². The van der Waals surface area contributed by atoms with Crippen LogP contribution in [-0.2, 0) is 27.8 Å².